The first-order chi connectivity index (χ1) is 6.26. The summed E-state index contributed by atoms with van der Waals surface area (Å²) in [6.45, 7) is 6.02. The van der Waals surface area contributed by atoms with Crippen LogP contribution in [0.2, 0.25) is 0 Å². The van der Waals surface area contributed by atoms with Crippen LogP contribution >= 0.6 is 23.2 Å². The molecular weight excluding hydrogens is 205 g/mol. The Hall–Kier alpha value is 0.280. The summed E-state index contributed by atoms with van der Waals surface area (Å²) in [7, 11) is 0. The molecule has 0 saturated heterocycles. The summed E-state index contributed by atoms with van der Waals surface area (Å²) in [4.78, 5) is 0. The van der Waals surface area contributed by atoms with E-state index in [9.17, 15) is 0 Å². The number of hydrogen-bond donors (Lipinski definition) is 1. The van der Waals surface area contributed by atoms with Crippen LogP contribution in [-0.4, -0.2) is 18.5 Å². The van der Waals surface area contributed by atoms with Crippen molar-refractivity contribution in [1.29, 1.82) is 0 Å². The molecule has 0 aliphatic heterocycles. The van der Waals surface area contributed by atoms with E-state index in [1.807, 2.05) is 6.08 Å². The fraction of sp³-hybridized carbons (Fsp3) is 0.800. The fourth-order valence-corrected chi connectivity index (χ4v) is 1.87. The third-order valence-electron chi connectivity index (χ3n) is 2.25. The van der Waals surface area contributed by atoms with Crippen LogP contribution in [0, 0.1) is 5.92 Å². The van der Waals surface area contributed by atoms with E-state index in [0.717, 1.165) is 25.9 Å². The lowest BCUT2D eigenvalue weighted by Crippen LogP contribution is -2.28. The molecule has 0 aromatic rings. The van der Waals surface area contributed by atoms with E-state index in [2.05, 4.69) is 19.2 Å². The molecule has 78 valence electrons. The summed E-state index contributed by atoms with van der Waals surface area (Å²) < 4.78 is 0. The molecule has 0 aliphatic carbocycles. The lowest BCUT2D eigenvalue weighted by molar-refractivity contribution is 0.452. The van der Waals surface area contributed by atoms with Crippen molar-refractivity contribution in [3.63, 3.8) is 0 Å². The van der Waals surface area contributed by atoms with Gasteiger partial charge in [-0.1, -0.05) is 44.4 Å². The summed E-state index contributed by atoms with van der Waals surface area (Å²) in [6, 6.07) is 0. The second-order valence-electron chi connectivity index (χ2n) is 3.11. The van der Waals surface area contributed by atoms with Gasteiger partial charge in [0.2, 0.25) is 0 Å². The van der Waals surface area contributed by atoms with Gasteiger partial charge in [0.1, 0.15) is 0 Å². The number of alkyl halides is 1. The van der Waals surface area contributed by atoms with E-state index in [4.69, 9.17) is 23.2 Å². The average Bonchev–Trinajstić information content (AvgIpc) is 2.14. The molecule has 0 amide bonds. The van der Waals surface area contributed by atoms with Crippen molar-refractivity contribution in [3.05, 3.63) is 11.6 Å². The van der Waals surface area contributed by atoms with E-state index in [1.54, 1.807) is 0 Å². The topological polar surface area (TPSA) is 12.0 Å². The molecule has 1 N–H and O–H groups in total. The normalized spacial score (nSPS) is 14.2. The predicted octanol–water partition coefficient (Wildman–Crippen LogP) is 3.37. The first-order valence-corrected chi connectivity index (χ1v) is 5.73. The second kappa shape index (κ2) is 8.86. The molecule has 0 spiro atoms. The van der Waals surface area contributed by atoms with Crippen LogP contribution < -0.4 is 5.32 Å². The zero-order valence-electron chi connectivity index (χ0n) is 8.39. The molecule has 0 fully saturated rings. The number of rotatable bonds is 7. The zero-order chi connectivity index (χ0) is 10.1. The van der Waals surface area contributed by atoms with Crippen molar-refractivity contribution >= 4 is 23.2 Å². The predicted molar refractivity (Wildman–Crippen MR) is 61.6 cm³/mol. The lowest BCUT2D eigenvalue weighted by atomic mass is 9.99. The van der Waals surface area contributed by atoms with Crippen molar-refractivity contribution in [3.8, 4) is 0 Å². The van der Waals surface area contributed by atoms with Crippen molar-refractivity contribution in [2.24, 2.45) is 5.92 Å². The number of hydrogen-bond acceptors (Lipinski definition) is 1. The van der Waals surface area contributed by atoms with Gasteiger partial charge in [-0.05, 0) is 5.92 Å². The van der Waals surface area contributed by atoms with Crippen molar-refractivity contribution in [2.75, 3.05) is 13.1 Å². The lowest BCUT2D eigenvalue weighted by Gasteiger charge is -2.19. The van der Waals surface area contributed by atoms with Gasteiger partial charge >= 0.3 is 0 Å². The van der Waals surface area contributed by atoms with Crippen LogP contribution in [0.1, 0.15) is 26.7 Å². The fourth-order valence-electron chi connectivity index (χ4n) is 1.32. The molecule has 1 nitrogen and oxygen atoms in total. The molecule has 0 aliphatic rings. The molecule has 0 aromatic heterocycles. The van der Waals surface area contributed by atoms with Crippen LogP contribution in [0.3, 0.4) is 0 Å². The third kappa shape index (κ3) is 6.36. The van der Waals surface area contributed by atoms with Gasteiger partial charge in [0.15, 0.2) is 0 Å². The molecule has 0 heterocycles. The van der Waals surface area contributed by atoms with Gasteiger partial charge in [0, 0.05) is 24.0 Å². The molecule has 0 saturated carbocycles. The number of halogens is 2. The monoisotopic (exact) mass is 223 g/mol. The first kappa shape index (κ1) is 13.3. The van der Waals surface area contributed by atoms with Crippen LogP contribution in [0.15, 0.2) is 11.6 Å². The summed E-state index contributed by atoms with van der Waals surface area (Å²) >= 11 is 11.6. The Bertz CT molecular complexity index is 133. The molecule has 1 atom stereocenters. The van der Waals surface area contributed by atoms with Gasteiger partial charge in [-0.2, -0.15) is 0 Å². The maximum absolute atomic E-state index is 6.21. The standard InChI is InChI=1S/C10H19Cl2N/c1-3-9(4-2)10(12)8-13-7-5-6-11/h5-6,9-10,13H,3-4,7-8H2,1-2H3/b6-5+. The van der Waals surface area contributed by atoms with Crippen LogP contribution in [-0.2, 0) is 0 Å². The van der Waals surface area contributed by atoms with Crippen LogP contribution in [0.4, 0.5) is 0 Å². The third-order valence-corrected chi connectivity index (χ3v) is 2.94. The summed E-state index contributed by atoms with van der Waals surface area (Å²) in [5.41, 5.74) is 1.52. The Kier molecular flexibility index (Phi) is 9.05. The van der Waals surface area contributed by atoms with Gasteiger partial charge in [-0.15, -0.1) is 11.6 Å². The van der Waals surface area contributed by atoms with Gasteiger partial charge in [0.25, 0.3) is 0 Å². The zero-order valence-corrected chi connectivity index (χ0v) is 9.91. The molecule has 1 unspecified atom stereocenters. The Morgan fingerprint density at radius 1 is 1.31 bits per heavy atom. The molecule has 0 aromatic carbocycles. The summed E-state index contributed by atoms with van der Waals surface area (Å²) in [5.74, 6) is 0.620. The van der Waals surface area contributed by atoms with Gasteiger partial charge in [-0.25, -0.2) is 0 Å². The maximum atomic E-state index is 6.21. The van der Waals surface area contributed by atoms with Crippen LogP contribution in [0.5, 0.6) is 0 Å². The average molecular weight is 224 g/mol. The Morgan fingerprint density at radius 2 is 1.92 bits per heavy atom. The van der Waals surface area contributed by atoms with E-state index in [1.165, 1.54) is 5.54 Å². The highest BCUT2D eigenvalue weighted by molar-refractivity contribution is 6.25. The summed E-state index contributed by atoms with van der Waals surface area (Å²) in [5, 5.41) is 3.47. The molecular formula is C10H19Cl2N. The summed E-state index contributed by atoms with van der Waals surface area (Å²) in [6.07, 6.45) is 4.17. The van der Waals surface area contributed by atoms with Crippen molar-refractivity contribution in [2.45, 2.75) is 32.1 Å². The number of nitrogens with one attached hydrogen (secondary N) is 1. The SMILES string of the molecule is CCC(CC)C(Cl)CNC/C=C/Cl. The molecule has 13 heavy (non-hydrogen) atoms. The molecule has 0 radical (unpaired) electrons. The largest absolute Gasteiger partial charge is 0.312 e. The van der Waals surface area contributed by atoms with Gasteiger partial charge in [-0.3, -0.25) is 0 Å². The quantitative estimate of drug-likeness (QED) is 0.516. The first-order valence-electron chi connectivity index (χ1n) is 4.86. The highest BCUT2D eigenvalue weighted by Crippen LogP contribution is 2.17. The van der Waals surface area contributed by atoms with Crippen molar-refractivity contribution in [1.82, 2.24) is 5.32 Å². The minimum atomic E-state index is 0.235. The molecule has 0 bridgehead atoms. The highest BCUT2D eigenvalue weighted by atomic mass is 35.5. The molecule has 0 rings (SSSR count). The van der Waals surface area contributed by atoms with E-state index in [-0.39, 0.29) is 5.38 Å². The second-order valence-corrected chi connectivity index (χ2v) is 3.93. The minimum absolute atomic E-state index is 0.235. The maximum Gasteiger partial charge on any atom is 0.0488 e. The highest BCUT2D eigenvalue weighted by Gasteiger charge is 2.14. The van der Waals surface area contributed by atoms with Gasteiger partial charge in [0.05, 0.1) is 0 Å². The Labute approximate surface area is 91.5 Å². The smallest absolute Gasteiger partial charge is 0.0488 e. The van der Waals surface area contributed by atoms with E-state index in [0.29, 0.717) is 5.92 Å². The van der Waals surface area contributed by atoms with E-state index >= 15 is 0 Å². The van der Waals surface area contributed by atoms with E-state index < -0.39 is 0 Å². The minimum Gasteiger partial charge on any atom is -0.312 e. The van der Waals surface area contributed by atoms with Gasteiger partial charge < -0.3 is 5.32 Å². The molecule has 3 heteroatoms. The Balaban J connectivity index is 3.53. The van der Waals surface area contributed by atoms with Crippen molar-refractivity contribution < 1.29 is 0 Å². The van der Waals surface area contributed by atoms with Crippen LogP contribution in [0.25, 0.3) is 0 Å². The Morgan fingerprint density at radius 3 is 2.38 bits per heavy atom.